The lowest BCUT2D eigenvalue weighted by molar-refractivity contribution is -0.272. The fourth-order valence-corrected chi connectivity index (χ4v) is 9.57. The Morgan fingerprint density at radius 2 is 1.71 bits per heavy atom. The molecule has 0 amide bonds. The Bertz CT molecular complexity index is 830. The van der Waals surface area contributed by atoms with Gasteiger partial charge in [0, 0.05) is 0 Å². The molecule has 0 bridgehead atoms. The van der Waals surface area contributed by atoms with Crippen LogP contribution in [-0.4, -0.2) is 27.6 Å². The summed E-state index contributed by atoms with van der Waals surface area (Å²) in [6.07, 6.45) is 7.75. The van der Waals surface area contributed by atoms with Crippen molar-refractivity contribution in [1.29, 1.82) is 0 Å². The predicted molar refractivity (Wildman–Crippen MR) is 128 cm³/mol. The van der Waals surface area contributed by atoms with Crippen LogP contribution in [0.2, 0.25) is 0 Å². The average molecular weight is 483 g/mol. The Labute approximate surface area is 203 Å². The third kappa shape index (κ3) is 3.81. The number of fused-ring (bicyclic) bond motifs is 5. The first-order valence-electron chi connectivity index (χ1n) is 13.9. The number of allylic oxidation sites excluding steroid dienone is 1. The third-order valence-electron chi connectivity index (χ3n) is 11.9. The first kappa shape index (κ1) is 25.1. The molecule has 4 fully saturated rings. The van der Waals surface area contributed by atoms with Gasteiger partial charge in [-0.1, -0.05) is 32.4 Å². The molecule has 5 rings (SSSR count). The Kier molecular flexibility index (Phi) is 5.89. The molecule has 0 aromatic rings. The monoisotopic (exact) mass is 482 g/mol. The second-order valence-corrected chi connectivity index (χ2v) is 13.9. The molecule has 2 nitrogen and oxygen atoms in total. The van der Waals surface area contributed by atoms with Crippen molar-refractivity contribution < 1.29 is 23.4 Å². The first-order chi connectivity index (χ1) is 15.7. The topological polar surface area (TPSA) is 40.5 Å². The number of hydrogen-bond donors (Lipinski definition) is 2. The minimum absolute atomic E-state index is 0.143. The Morgan fingerprint density at radius 1 is 1.00 bits per heavy atom. The largest absolute Gasteiger partial charge is 0.417 e. The molecule has 0 heterocycles. The van der Waals surface area contributed by atoms with Gasteiger partial charge in [0.15, 0.2) is 5.60 Å². The van der Waals surface area contributed by atoms with E-state index in [0.29, 0.717) is 42.9 Å². The van der Waals surface area contributed by atoms with Crippen molar-refractivity contribution in [2.45, 2.75) is 122 Å². The van der Waals surface area contributed by atoms with Gasteiger partial charge in [0.2, 0.25) is 0 Å². The molecule has 2 unspecified atom stereocenters. The van der Waals surface area contributed by atoms with E-state index in [1.54, 1.807) is 0 Å². The van der Waals surface area contributed by atoms with Crippen LogP contribution in [-0.2, 0) is 0 Å². The molecule has 0 radical (unpaired) electrons. The van der Waals surface area contributed by atoms with Crippen LogP contribution in [0.5, 0.6) is 0 Å². The predicted octanol–water partition coefficient (Wildman–Crippen LogP) is 7.44. The van der Waals surface area contributed by atoms with Crippen LogP contribution in [0.25, 0.3) is 0 Å². The number of halogens is 3. The summed E-state index contributed by atoms with van der Waals surface area (Å²) < 4.78 is 41.1. The van der Waals surface area contributed by atoms with Crippen LogP contribution in [0.4, 0.5) is 13.2 Å². The zero-order valence-corrected chi connectivity index (χ0v) is 21.6. The molecule has 5 aliphatic carbocycles. The van der Waals surface area contributed by atoms with Gasteiger partial charge in [0.25, 0.3) is 0 Å². The first-order valence-corrected chi connectivity index (χ1v) is 13.9. The van der Waals surface area contributed by atoms with E-state index in [1.165, 1.54) is 24.8 Å². The Balaban J connectivity index is 1.30. The molecule has 9 atom stereocenters. The van der Waals surface area contributed by atoms with E-state index in [-0.39, 0.29) is 23.2 Å². The summed E-state index contributed by atoms with van der Waals surface area (Å²) >= 11 is 0. The molecule has 194 valence electrons. The summed E-state index contributed by atoms with van der Waals surface area (Å²) in [5.74, 6) is 2.02. The quantitative estimate of drug-likeness (QED) is 0.400. The second-order valence-electron chi connectivity index (χ2n) is 13.9. The molecule has 0 spiro atoms. The second kappa shape index (κ2) is 7.97. The summed E-state index contributed by atoms with van der Waals surface area (Å²) in [5.41, 5.74) is -1.20. The van der Waals surface area contributed by atoms with E-state index < -0.39 is 23.3 Å². The molecule has 0 aromatic heterocycles. The highest BCUT2D eigenvalue weighted by atomic mass is 19.4. The van der Waals surface area contributed by atoms with Crippen molar-refractivity contribution in [1.82, 2.24) is 0 Å². The van der Waals surface area contributed by atoms with E-state index in [0.717, 1.165) is 32.1 Å². The number of hydrogen-bond acceptors (Lipinski definition) is 2. The summed E-state index contributed by atoms with van der Waals surface area (Å²) in [4.78, 5) is 0. The van der Waals surface area contributed by atoms with Crippen LogP contribution in [0, 0.1) is 46.3 Å². The lowest BCUT2D eigenvalue weighted by Gasteiger charge is -2.59. The number of aliphatic hydroxyl groups is 2. The standard InChI is InChI=1S/C29H45F3O2/c1-18(11-14-28(34,19-5-6-19)29(30,31)32)22-9-10-23-21-8-7-20-17-25(2,33)15-16-26(20,3)24(21)12-13-27(22,23)4/h7,18-19,21-24,33-34H,5-6,8-17H2,1-4H3/t18?,21-,22+,23-,24-,25-,26-,27+,28?/m0/s1. The summed E-state index contributed by atoms with van der Waals surface area (Å²) in [6, 6.07) is 0. The SMILES string of the molecule is CC(CCC(O)(C1CC1)C(F)(F)F)[C@H]1CC[C@H]2[C@@H]3CC=C4C[C@@](C)(O)CC[C@]4(C)[C@H]3CC[C@]12C. The lowest BCUT2D eigenvalue weighted by Crippen LogP contribution is -2.52. The van der Waals surface area contributed by atoms with Crippen molar-refractivity contribution in [3.05, 3.63) is 11.6 Å². The minimum atomic E-state index is -4.53. The lowest BCUT2D eigenvalue weighted by atomic mass is 9.46. The van der Waals surface area contributed by atoms with Crippen LogP contribution in [0.15, 0.2) is 11.6 Å². The highest BCUT2D eigenvalue weighted by Crippen LogP contribution is 2.68. The molecule has 2 N–H and O–H groups in total. The summed E-state index contributed by atoms with van der Waals surface area (Å²) in [7, 11) is 0. The van der Waals surface area contributed by atoms with Gasteiger partial charge in [0.05, 0.1) is 5.60 Å². The van der Waals surface area contributed by atoms with Gasteiger partial charge < -0.3 is 10.2 Å². The maximum atomic E-state index is 13.7. The molecule has 4 saturated carbocycles. The van der Waals surface area contributed by atoms with Crippen LogP contribution in [0.1, 0.15) is 105 Å². The van der Waals surface area contributed by atoms with Gasteiger partial charge in [-0.3, -0.25) is 0 Å². The maximum Gasteiger partial charge on any atom is 0.417 e. The highest BCUT2D eigenvalue weighted by molar-refractivity contribution is 5.26. The zero-order valence-electron chi connectivity index (χ0n) is 21.6. The van der Waals surface area contributed by atoms with Crippen molar-refractivity contribution in [2.75, 3.05) is 0 Å². The van der Waals surface area contributed by atoms with Crippen molar-refractivity contribution in [2.24, 2.45) is 46.3 Å². The van der Waals surface area contributed by atoms with Gasteiger partial charge in [-0.15, -0.1) is 0 Å². The van der Waals surface area contributed by atoms with E-state index >= 15 is 0 Å². The maximum absolute atomic E-state index is 13.7. The molecule has 34 heavy (non-hydrogen) atoms. The van der Waals surface area contributed by atoms with E-state index in [4.69, 9.17) is 0 Å². The minimum Gasteiger partial charge on any atom is -0.390 e. The van der Waals surface area contributed by atoms with E-state index in [2.05, 4.69) is 26.8 Å². The molecule has 0 aliphatic heterocycles. The van der Waals surface area contributed by atoms with Gasteiger partial charge in [-0.25, -0.2) is 0 Å². The summed E-state index contributed by atoms with van der Waals surface area (Å²) in [5, 5.41) is 21.2. The van der Waals surface area contributed by atoms with Crippen molar-refractivity contribution >= 4 is 0 Å². The molecule has 5 heteroatoms. The van der Waals surface area contributed by atoms with Crippen molar-refractivity contribution in [3.63, 3.8) is 0 Å². The molecule has 0 aromatic carbocycles. The number of rotatable bonds is 5. The van der Waals surface area contributed by atoms with Gasteiger partial charge in [-0.2, -0.15) is 13.2 Å². The highest BCUT2D eigenvalue weighted by Gasteiger charge is 2.62. The molecule has 5 aliphatic rings. The molecular formula is C29H45F3O2. The van der Waals surface area contributed by atoms with Crippen molar-refractivity contribution in [3.8, 4) is 0 Å². The van der Waals surface area contributed by atoms with Gasteiger partial charge in [-0.05, 0) is 130 Å². The zero-order chi connectivity index (χ0) is 24.7. The Morgan fingerprint density at radius 3 is 2.35 bits per heavy atom. The van der Waals surface area contributed by atoms with Gasteiger partial charge in [0.1, 0.15) is 0 Å². The van der Waals surface area contributed by atoms with E-state index in [9.17, 15) is 23.4 Å². The normalized spacial score (nSPS) is 47.1. The van der Waals surface area contributed by atoms with Gasteiger partial charge >= 0.3 is 6.18 Å². The average Bonchev–Trinajstić information content (AvgIpc) is 3.53. The Hall–Kier alpha value is -0.550. The third-order valence-corrected chi connectivity index (χ3v) is 11.9. The van der Waals surface area contributed by atoms with Crippen LogP contribution < -0.4 is 0 Å². The number of alkyl halides is 3. The fourth-order valence-electron chi connectivity index (χ4n) is 9.57. The van der Waals surface area contributed by atoms with Crippen LogP contribution >= 0.6 is 0 Å². The van der Waals surface area contributed by atoms with Crippen LogP contribution in [0.3, 0.4) is 0 Å². The molecular weight excluding hydrogens is 437 g/mol. The summed E-state index contributed by atoms with van der Waals surface area (Å²) in [6.45, 7) is 9.01. The molecule has 0 saturated heterocycles. The van der Waals surface area contributed by atoms with E-state index in [1.807, 2.05) is 6.92 Å². The fraction of sp³-hybridized carbons (Fsp3) is 0.931. The smallest absolute Gasteiger partial charge is 0.390 e.